The minimum Gasteiger partial charge on any atom is -0.477 e. The van der Waals surface area contributed by atoms with Crippen LogP contribution < -0.4 is 15.6 Å². The Labute approximate surface area is 196 Å². The molecule has 2 aliphatic rings. The number of halogens is 1. The zero-order chi connectivity index (χ0) is 24.8. The van der Waals surface area contributed by atoms with Crippen LogP contribution in [0.4, 0.5) is 15.0 Å². The number of ether oxygens (including phenoxy) is 1. The van der Waals surface area contributed by atoms with Crippen LogP contribution in [0.1, 0.15) is 69.8 Å². The Morgan fingerprint density at radius 2 is 2.00 bits per heavy atom. The summed E-state index contributed by atoms with van der Waals surface area (Å²) in [6.45, 7) is 8.31. The van der Waals surface area contributed by atoms with Crippen molar-refractivity contribution in [2.24, 2.45) is 5.92 Å². The van der Waals surface area contributed by atoms with Crippen LogP contribution in [0.5, 0.6) is 0 Å². The fraction of sp³-hybridized carbons (Fsp3) is 0.583. The number of nitrogens with zero attached hydrogens (tertiary/aromatic N) is 3. The molecule has 2 atom stereocenters. The standard InChI is InChI=1S/C24H31FN4O5/c1-5-13-8-9-28(12-18(13)26-23(33)34-24(2,3)4)21-17(25)10-15-19(30)16(22(31)32)11-29(14-6-7-14)20(15)27-21/h10-11,13-14,18H,5-9,12H2,1-4H3,(H,26,33)(H,31,32)/t13-,18-/m1/s1. The maximum Gasteiger partial charge on any atom is 0.407 e. The number of pyridine rings is 2. The molecule has 1 amide bonds. The van der Waals surface area contributed by atoms with Gasteiger partial charge in [-0.3, -0.25) is 4.79 Å². The van der Waals surface area contributed by atoms with Crippen molar-refractivity contribution >= 4 is 28.9 Å². The largest absolute Gasteiger partial charge is 0.477 e. The molecule has 10 heteroatoms. The molecule has 1 aliphatic carbocycles. The van der Waals surface area contributed by atoms with Gasteiger partial charge in [0, 0.05) is 25.3 Å². The van der Waals surface area contributed by atoms with Crippen LogP contribution in [-0.2, 0) is 4.74 Å². The summed E-state index contributed by atoms with van der Waals surface area (Å²) in [4.78, 5) is 42.9. The minimum absolute atomic E-state index is 0.0411. The smallest absolute Gasteiger partial charge is 0.407 e. The maximum absolute atomic E-state index is 15.2. The number of hydrogen-bond acceptors (Lipinski definition) is 6. The second-order valence-electron chi connectivity index (χ2n) is 10.1. The van der Waals surface area contributed by atoms with Crippen molar-refractivity contribution in [1.29, 1.82) is 0 Å². The van der Waals surface area contributed by atoms with Gasteiger partial charge in [0.25, 0.3) is 0 Å². The number of carboxylic acid groups (broad SMARTS) is 1. The monoisotopic (exact) mass is 474 g/mol. The van der Waals surface area contributed by atoms with E-state index in [0.717, 1.165) is 31.7 Å². The van der Waals surface area contributed by atoms with E-state index in [1.165, 1.54) is 6.20 Å². The molecule has 3 heterocycles. The predicted molar refractivity (Wildman–Crippen MR) is 125 cm³/mol. The first-order chi connectivity index (χ1) is 16.0. The lowest BCUT2D eigenvalue weighted by atomic mass is 9.89. The first-order valence-electron chi connectivity index (χ1n) is 11.7. The highest BCUT2D eigenvalue weighted by atomic mass is 19.1. The number of rotatable bonds is 5. The van der Waals surface area contributed by atoms with Crippen LogP contribution >= 0.6 is 0 Å². The number of aromatic carboxylic acids is 1. The molecule has 0 unspecified atom stereocenters. The van der Waals surface area contributed by atoms with E-state index >= 15 is 4.39 Å². The number of fused-ring (bicyclic) bond motifs is 1. The Balaban J connectivity index is 1.69. The molecule has 1 aliphatic heterocycles. The number of amides is 1. The fourth-order valence-corrected chi connectivity index (χ4v) is 4.55. The topological polar surface area (TPSA) is 114 Å². The van der Waals surface area contributed by atoms with Gasteiger partial charge in [-0.05, 0) is 52.0 Å². The maximum atomic E-state index is 15.2. The van der Waals surface area contributed by atoms with Crippen LogP contribution in [0, 0.1) is 11.7 Å². The van der Waals surface area contributed by atoms with Gasteiger partial charge in [-0.2, -0.15) is 0 Å². The lowest BCUT2D eigenvalue weighted by Crippen LogP contribution is -2.53. The van der Waals surface area contributed by atoms with Crippen molar-refractivity contribution in [2.75, 3.05) is 18.0 Å². The van der Waals surface area contributed by atoms with Gasteiger partial charge in [-0.25, -0.2) is 19.0 Å². The number of anilines is 1. The third-order valence-electron chi connectivity index (χ3n) is 6.39. The third kappa shape index (κ3) is 4.85. The highest BCUT2D eigenvalue weighted by Gasteiger charge is 2.34. The molecular weight excluding hydrogens is 443 g/mol. The summed E-state index contributed by atoms with van der Waals surface area (Å²) >= 11 is 0. The van der Waals surface area contributed by atoms with Crippen molar-refractivity contribution in [2.45, 2.75) is 71.1 Å². The quantitative estimate of drug-likeness (QED) is 0.679. The van der Waals surface area contributed by atoms with Crippen LogP contribution in [0.3, 0.4) is 0 Å². The van der Waals surface area contributed by atoms with Crippen molar-refractivity contribution in [3.05, 3.63) is 33.9 Å². The lowest BCUT2D eigenvalue weighted by molar-refractivity contribution is 0.0478. The van der Waals surface area contributed by atoms with Gasteiger partial charge in [-0.15, -0.1) is 0 Å². The van der Waals surface area contributed by atoms with Crippen molar-refractivity contribution < 1.29 is 23.8 Å². The molecule has 0 spiro atoms. The molecule has 2 aromatic heterocycles. The molecule has 2 fully saturated rings. The van der Waals surface area contributed by atoms with Crippen molar-refractivity contribution in [3.8, 4) is 0 Å². The third-order valence-corrected chi connectivity index (χ3v) is 6.39. The van der Waals surface area contributed by atoms with E-state index in [2.05, 4.69) is 10.3 Å². The normalized spacial score (nSPS) is 20.9. The summed E-state index contributed by atoms with van der Waals surface area (Å²) in [7, 11) is 0. The molecule has 0 bridgehead atoms. The van der Waals surface area contributed by atoms with E-state index in [1.54, 1.807) is 30.2 Å². The van der Waals surface area contributed by atoms with Gasteiger partial charge in [0.15, 0.2) is 11.6 Å². The molecule has 184 valence electrons. The van der Waals surface area contributed by atoms with Gasteiger partial charge in [-0.1, -0.05) is 13.3 Å². The summed E-state index contributed by atoms with van der Waals surface area (Å²) in [6, 6.07) is 0.873. The molecule has 1 saturated heterocycles. The summed E-state index contributed by atoms with van der Waals surface area (Å²) in [6.07, 6.45) is 4.05. The van der Waals surface area contributed by atoms with Crippen LogP contribution in [0.25, 0.3) is 11.0 Å². The number of carboxylic acids is 1. The van der Waals surface area contributed by atoms with Crippen LogP contribution in [0.15, 0.2) is 17.1 Å². The number of carbonyl (C=O) groups excluding carboxylic acids is 1. The first-order valence-corrected chi connectivity index (χ1v) is 11.7. The number of aromatic nitrogens is 2. The van der Waals surface area contributed by atoms with Gasteiger partial charge in [0.1, 0.15) is 16.8 Å². The number of carbonyl (C=O) groups is 2. The molecule has 2 aromatic rings. The second kappa shape index (κ2) is 8.88. The molecule has 1 saturated carbocycles. The Kier molecular flexibility index (Phi) is 6.26. The average Bonchev–Trinajstić information content (AvgIpc) is 3.57. The summed E-state index contributed by atoms with van der Waals surface area (Å²) in [5.41, 5.74) is -1.48. The number of hydrogen-bond donors (Lipinski definition) is 2. The van der Waals surface area contributed by atoms with Crippen molar-refractivity contribution in [3.63, 3.8) is 0 Å². The summed E-state index contributed by atoms with van der Waals surface area (Å²) in [5, 5.41) is 12.3. The molecule has 34 heavy (non-hydrogen) atoms. The Bertz CT molecular complexity index is 1180. The molecular formula is C24H31FN4O5. The molecule has 0 aromatic carbocycles. The number of alkyl carbamates (subject to hydrolysis) is 1. The zero-order valence-corrected chi connectivity index (χ0v) is 19.9. The van der Waals surface area contributed by atoms with Gasteiger partial charge < -0.3 is 24.6 Å². The summed E-state index contributed by atoms with van der Waals surface area (Å²) < 4.78 is 22.3. The Morgan fingerprint density at radius 1 is 1.29 bits per heavy atom. The average molecular weight is 475 g/mol. The lowest BCUT2D eigenvalue weighted by Gasteiger charge is -2.39. The van der Waals surface area contributed by atoms with E-state index in [1.807, 2.05) is 6.92 Å². The highest BCUT2D eigenvalue weighted by molar-refractivity contribution is 5.92. The molecule has 2 N–H and O–H groups in total. The van der Waals surface area contributed by atoms with E-state index in [0.29, 0.717) is 13.1 Å². The van der Waals surface area contributed by atoms with Gasteiger partial charge in [0.05, 0.1) is 11.4 Å². The van der Waals surface area contributed by atoms with Gasteiger partial charge in [0.2, 0.25) is 5.43 Å². The molecule has 0 radical (unpaired) electrons. The number of nitrogens with one attached hydrogen (secondary N) is 1. The minimum atomic E-state index is -1.34. The molecule has 9 nitrogen and oxygen atoms in total. The van der Waals surface area contributed by atoms with E-state index in [9.17, 15) is 19.5 Å². The highest BCUT2D eigenvalue weighted by Crippen LogP contribution is 2.37. The van der Waals surface area contributed by atoms with Crippen LogP contribution in [-0.4, -0.2) is 51.5 Å². The predicted octanol–water partition coefficient (Wildman–Crippen LogP) is 3.70. The SMILES string of the molecule is CC[C@@H]1CCN(c2nc3c(cc2F)c(=O)c(C(=O)O)cn3C2CC2)C[C@H]1NC(=O)OC(C)(C)C. The van der Waals surface area contributed by atoms with Crippen LogP contribution in [0.2, 0.25) is 0 Å². The van der Waals surface area contributed by atoms with E-state index in [-0.39, 0.29) is 34.9 Å². The second-order valence-corrected chi connectivity index (χ2v) is 10.1. The van der Waals surface area contributed by atoms with E-state index < -0.39 is 34.5 Å². The summed E-state index contributed by atoms with van der Waals surface area (Å²) in [5.74, 6) is -1.74. The van der Waals surface area contributed by atoms with E-state index in [4.69, 9.17) is 4.74 Å². The fourth-order valence-electron chi connectivity index (χ4n) is 4.55. The first kappa shape index (κ1) is 24.0. The number of piperidine rings is 1. The van der Waals surface area contributed by atoms with Gasteiger partial charge >= 0.3 is 12.1 Å². The zero-order valence-electron chi connectivity index (χ0n) is 19.9. The Hall–Kier alpha value is -3.17. The Morgan fingerprint density at radius 3 is 2.59 bits per heavy atom. The molecule has 4 rings (SSSR count). The van der Waals surface area contributed by atoms with Crippen molar-refractivity contribution in [1.82, 2.24) is 14.9 Å².